The normalized spacial score (nSPS) is 9.71. The van der Waals surface area contributed by atoms with Gasteiger partial charge < -0.3 is 10.1 Å². The second-order valence-corrected chi connectivity index (χ2v) is 2.53. The first-order chi connectivity index (χ1) is 6.56. The third-order valence-electron chi connectivity index (χ3n) is 1.56. The second kappa shape index (κ2) is 3.73. The molecule has 0 amide bonds. The molecule has 0 saturated heterocycles. The summed E-state index contributed by atoms with van der Waals surface area (Å²) in [5.41, 5.74) is -1.83. The third-order valence-corrected chi connectivity index (χ3v) is 1.56. The van der Waals surface area contributed by atoms with Crippen molar-refractivity contribution in [2.75, 3.05) is 0 Å². The molecule has 0 bridgehead atoms. The number of nitrogens with zero attached hydrogens (tertiary/aromatic N) is 1. The molecule has 2 N–H and O–H groups in total. The SMILES string of the molecule is C=CCn1c(=O)cc(C(=O)O)[nH]c1=O. The molecular weight excluding hydrogens is 188 g/mol. The van der Waals surface area contributed by atoms with E-state index in [1.807, 2.05) is 0 Å². The smallest absolute Gasteiger partial charge is 0.352 e. The molecule has 0 atom stereocenters. The van der Waals surface area contributed by atoms with E-state index in [2.05, 4.69) is 11.6 Å². The highest BCUT2D eigenvalue weighted by atomic mass is 16.4. The lowest BCUT2D eigenvalue weighted by Crippen LogP contribution is -2.35. The number of carbonyl (C=O) groups is 1. The number of hydrogen-bond acceptors (Lipinski definition) is 3. The van der Waals surface area contributed by atoms with Crippen molar-refractivity contribution in [3.63, 3.8) is 0 Å². The average molecular weight is 196 g/mol. The number of carboxylic acids is 1. The van der Waals surface area contributed by atoms with Crippen LogP contribution in [-0.4, -0.2) is 20.6 Å². The highest BCUT2D eigenvalue weighted by Crippen LogP contribution is 1.84. The van der Waals surface area contributed by atoms with Gasteiger partial charge >= 0.3 is 11.7 Å². The lowest BCUT2D eigenvalue weighted by atomic mass is 10.4. The molecule has 0 aliphatic heterocycles. The number of aromatic nitrogens is 2. The molecule has 0 saturated carbocycles. The number of nitrogens with one attached hydrogen (secondary N) is 1. The fourth-order valence-electron chi connectivity index (χ4n) is 0.937. The standard InChI is InChI=1S/C8H8N2O4/c1-2-3-10-6(11)4-5(7(12)13)9-8(10)14/h2,4H,1,3H2,(H,9,14)(H,12,13). The van der Waals surface area contributed by atoms with Gasteiger partial charge in [0.05, 0.1) is 0 Å². The minimum absolute atomic E-state index is 0.0497. The molecule has 1 heterocycles. The molecule has 1 aromatic heterocycles. The Kier molecular flexibility index (Phi) is 2.66. The summed E-state index contributed by atoms with van der Waals surface area (Å²) in [4.78, 5) is 34.8. The molecule has 0 fully saturated rings. The minimum Gasteiger partial charge on any atom is -0.477 e. The van der Waals surface area contributed by atoms with E-state index in [0.29, 0.717) is 0 Å². The molecule has 0 aliphatic rings. The van der Waals surface area contributed by atoms with E-state index in [1.165, 1.54) is 6.08 Å². The summed E-state index contributed by atoms with van der Waals surface area (Å²) < 4.78 is 0.847. The monoisotopic (exact) mass is 196 g/mol. The fourth-order valence-corrected chi connectivity index (χ4v) is 0.937. The van der Waals surface area contributed by atoms with Crippen LogP contribution in [0.1, 0.15) is 10.5 Å². The van der Waals surface area contributed by atoms with Crippen LogP contribution in [0.25, 0.3) is 0 Å². The van der Waals surface area contributed by atoms with E-state index < -0.39 is 22.9 Å². The molecule has 0 spiro atoms. The average Bonchev–Trinajstić information content (AvgIpc) is 2.10. The number of carboxylic acid groups (broad SMARTS) is 1. The van der Waals surface area contributed by atoms with Gasteiger partial charge in [0.15, 0.2) is 0 Å². The van der Waals surface area contributed by atoms with Crippen LogP contribution in [0.15, 0.2) is 28.3 Å². The number of H-pyrrole nitrogens is 1. The molecule has 6 heteroatoms. The summed E-state index contributed by atoms with van der Waals surface area (Å²) in [5, 5.41) is 8.52. The van der Waals surface area contributed by atoms with Gasteiger partial charge in [-0.05, 0) is 0 Å². The predicted molar refractivity (Wildman–Crippen MR) is 48.5 cm³/mol. The van der Waals surface area contributed by atoms with Crippen LogP contribution in [-0.2, 0) is 6.54 Å². The quantitative estimate of drug-likeness (QED) is 0.632. The van der Waals surface area contributed by atoms with Crippen LogP contribution in [0.2, 0.25) is 0 Å². The van der Waals surface area contributed by atoms with E-state index >= 15 is 0 Å². The third kappa shape index (κ3) is 1.79. The van der Waals surface area contributed by atoms with E-state index in [0.717, 1.165) is 10.6 Å². The Morgan fingerprint density at radius 1 is 1.64 bits per heavy atom. The lowest BCUT2D eigenvalue weighted by molar-refractivity contribution is 0.0689. The zero-order valence-corrected chi connectivity index (χ0v) is 7.19. The Labute approximate surface area is 78.1 Å². The van der Waals surface area contributed by atoms with Crippen LogP contribution in [0, 0.1) is 0 Å². The summed E-state index contributed by atoms with van der Waals surface area (Å²) in [6.07, 6.45) is 1.37. The molecule has 6 nitrogen and oxygen atoms in total. The molecule has 0 radical (unpaired) electrons. The first kappa shape index (κ1) is 9.97. The van der Waals surface area contributed by atoms with Crippen molar-refractivity contribution in [3.05, 3.63) is 45.3 Å². The van der Waals surface area contributed by atoms with Crippen molar-refractivity contribution in [2.45, 2.75) is 6.54 Å². The first-order valence-corrected chi connectivity index (χ1v) is 3.74. The molecule has 74 valence electrons. The van der Waals surface area contributed by atoms with Crippen LogP contribution >= 0.6 is 0 Å². The summed E-state index contributed by atoms with van der Waals surface area (Å²) >= 11 is 0. The molecule has 1 aromatic rings. The zero-order valence-electron chi connectivity index (χ0n) is 7.19. The van der Waals surface area contributed by atoms with E-state index in [-0.39, 0.29) is 6.54 Å². The Morgan fingerprint density at radius 3 is 2.71 bits per heavy atom. The fraction of sp³-hybridized carbons (Fsp3) is 0.125. The maximum absolute atomic E-state index is 11.2. The van der Waals surface area contributed by atoms with Gasteiger partial charge in [-0.25, -0.2) is 9.59 Å². The van der Waals surface area contributed by atoms with Gasteiger partial charge in [0, 0.05) is 12.6 Å². The summed E-state index contributed by atoms with van der Waals surface area (Å²) in [7, 11) is 0. The number of aromatic amines is 1. The van der Waals surface area contributed by atoms with Gasteiger partial charge in [-0.1, -0.05) is 6.08 Å². The van der Waals surface area contributed by atoms with Crippen molar-refractivity contribution in [1.82, 2.24) is 9.55 Å². The van der Waals surface area contributed by atoms with Gasteiger partial charge in [0.25, 0.3) is 5.56 Å². The zero-order chi connectivity index (χ0) is 10.7. The Bertz CT molecular complexity index is 452. The van der Waals surface area contributed by atoms with Crippen LogP contribution in [0.4, 0.5) is 0 Å². The van der Waals surface area contributed by atoms with Crippen molar-refractivity contribution in [1.29, 1.82) is 0 Å². The topological polar surface area (TPSA) is 92.2 Å². The maximum Gasteiger partial charge on any atom is 0.352 e. The first-order valence-electron chi connectivity index (χ1n) is 3.74. The number of aromatic carboxylic acids is 1. The van der Waals surface area contributed by atoms with Crippen molar-refractivity contribution in [2.24, 2.45) is 0 Å². The van der Waals surface area contributed by atoms with Crippen molar-refractivity contribution >= 4 is 5.97 Å². The van der Waals surface area contributed by atoms with E-state index in [1.54, 1.807) is 0 Å². The molecule has 0 aliphatic carbocycles. The van der Waals surface area contributed by atoms with Crippen molar-refractivity contribution < 1.29 is 9.90 Å². The Morgan fingerprint density at radius 2 is 2.29 bits per heavy atom. The van der Waals surface area contributed by atoms with Gasteiger partial charge in [0.1, 0.15) is 5.69 Å². The highest BCUT2D eigenvalue weighted by Gasteiger charge is 2.07. The van der Waals surface area contributed by atoms with Crippen LogP contribution < -0.4 is 11.2 Å². The van der Waals surface area contributed by atoms with Crippen molar-refractivity contribution in [3.8, 4) is 0 Å². The largest absolute Gasteiger partial charge is 0.477 e. The predicted octanol–water partition coefficient (Wildman–Crippen LogP) is -0.579. The number of hydrogen-bond donors (Lipinski definition) is 2. The van der Waals surface area contributed by atoms with Gasteiger partial charge in [0.2, 0.25) is 0 Å². The van der Waals surface area contributed by atoms with Gasteiger partial charge in [-0.3, -0.25) is 9.36 Å². The summed E-state index contributed by atoms with van der Waals surface area (Å²) in [6.45, 7) is 3.42. The van der Waals surface area contributed by atoms with Gasteiger partial charge in [-0.15, -0.1) is 6.58 Å². The Hall–Kier alpha value is -2.11. The van der Waals surface area contributed by atoms with Crippen LogP contribution in [0.3, 0.4) is 0 Å². The number of rotatable bonds is 3. The van der Waals surface area contributed by atoms with Gasteiger partial charge in [-0.2, -0.15) is 0 Å². The molecule has 1 rings (SSSR count). The summed E-state index contributed by atoms with van der Waals surface area (Å²) in [6, 6.07) is 0.854. The Balaban J connectivity index is 3.40. The van der Waals surface area contributed by atoms with E-state index in [9.17, 15) is 14.4 Å². The molecule has 0 unspecified atom stereocenters. The molecular formula is C8H8N2O4. The molecule has 0 aromatic carbocycles. The molecule has 14 heavy (non-hydrogen) atoms. The van der Waals surface area contributed by atoms with E-state index in [4.69, 9.17) is 5.11 Å². The lowest BCUT2D eigenvalue weighted by Gasteiger charge is -2.00. The number of allylic oxidation sites excluding steroid dienone is 1. The van der Waals surface area contributed by atoms with Crippen LogP contribution in [0.5, 0.6) is 0 Å². The minimum atomic E-state index is -1.34. The second-order valence-electron chi connectivity index (χ2n) is 2.53. The maximum atomic E-state index is 11.2. The summed E-state index contributed by atoms with van der Waals surface area (Å²) in [5.74, 6) is -1.34. The highest BCUT2D eigenvalue weighted by molar-refractivity contribution is 5.84.